The van der Waals surface area contributed by atoms with Gasteiger partial charge in [0.05, 0.1) is 17.6 Å². The van der Waals surface area contributed by atoms with E-state index in [1.807, 2.05) is 66.2 Å². The van der Waals surface area contributed by atoms with Gasteiger partial charge in [0.2, 0.25) is 0 Å². The first-order chi connectivity index (χ1) is 16.0. The van der Waals surface area contributed by atoms with Crippen LogP contribution >= 0.6 is 0 Å². The number of aryl methyl sites for hydroxylation is 2. The van der Waals surface area contributed by atoms with Crippen molar-refractivity contribution in [1.82, 2.24) is 24.3 Å². The molecule has 172 valence electrons. The number of hydrogen-bond donors (Lipinski definition) is 0. The van der Waals surface area contributed by atoms with Crippen LogP contribution in [0.4, 0.5) is 0 Å². The largest absolute Gasteiger partial charge is 0.339 e. The summed E-state index contributed by atoms with van der Waals surface area (Å²) < 4.78 is 2.12. The number of amides is 2. The van der Waals surface area contributed by atoms with Gasteiger partial charge >= 0.3 is 0 Å². The molecule has 2 aliphatic heterocycles. The van der Waals surface area contributed by atoms with Gasteiger partial charge in [-0.15, -0.1) is 0 Å². The van der Waals surface area contributed by atoms with E-state index in [1.54, 1.807) is 0 Å². The Balaban J connectivity index is 1.25. The lowest BCUT2D eigenvalue weighted by atomic mass is 10.1. The monoisotopic (exact) mass is 445 g/mol. The number of benzene rings is 2. The molecule has 7 heteroatoms. The van der Waals surface area contributed by atoms with Crippen molar-refractivity contribution < 1.29 is 9.59 Å². The van der Waals surface area contributed by atoms with Gasteiger partial charge in [-0.25, -0.2) is 4.98 Å². The molecule has 0 bridgehead atoms. The third-order valence-corrected chi connectivity index (χ3v) is 7.01. The lowest BCUT2D eigenvalue weighted by Crippen LogP contribution is -2.48. The predicted octanol–water partition coefficient (Wildman–Crippen LogP) is 3.08. The number of likely N-dealkylation sites (tertiary alicyclic amines) is 1. The summed E-state index contributed by atoms with van der Waals surface area (Å²) in [4.78, 5) is 36.7. The summed E-state index contributed by atoms with van der Waals surface area (Å²) in [5, 5.41) is 0. The number of hydrogen-bond acceptors (Lipinski definition) is 4. The van der Waals surface area contributed by atoms with Gasteiger partial charge in [0, 0.05) is 57.4 Å². The van der Waals surface area contributed by atoms with E-state index in [1.165, 1.54) is 0 Å². The molecule has 5 rings (SSSR count). The van der Waals surface area contributed by atoms with E-state index >= 15 is 0 Å². The van der Waals surface area contributed by atoms with Crippen LogP contribution in [0.1, 0.15) is 44.9 Å². The minimum absolute atomic E-state index is 0.107. The Morgan fingerprint density at radius 3 is 2.30 bits per heavy atom. The standard InChI is InChI=1S/C26H31N5O2/c1-19-7-3-4-8-21(19)26(33)31-15-13-29(14-16-31)18-24-27-22-17-20(9-10-23(22)28(24)2)25(32)30-11-5-6-12-30/h3-4,7-10,17H,5-6,11-16,18H2,1-2H3. The van der Waals surface area contributed by atoms with E-state index in [-0.39, 0.29) is 11.8 Å². The van der Waals surface area contributed by atoms with Crippen LogP contribution in [0, 0.1) is 6.92 Å². The molecule has 2 saturated heterocycles. The van der Waals surface area contributed by atoms with Gasteiger partial charge in [-0.05, 0) is 49.6 Å². The normalized spacial score (nSPS) is 17.2. The fourth-order valence-corrected chi connectivity index (χ4v) is 4.92. The van der Waals surface area contributed by atoms with Crippen LogP contribution in [-0.2, 0) is 13.6 Å². The summed E-state index contributed by atoms with van der Waals surface area (Å²) in [7, 11) is 2.03. The van der Waals surface area contributed by atoms with E-state index in [9.17, 15) is 9.59 Å². The van der Waals surface area contributed by atoms with Crippen molar-refractivity contribution in [2.45, 2.75) is 26.3 Å². The van der Waals surface area contributed by atoms with E-state index in [0.29, 0.717) is 13.1 Å². The first kappa shape index (κ1) is 21.6. The van der Waals surface area contributed by atoms with Gasteiger partial charge in [-0.3, -0.25) is 14.5 Å². The third-order valence-electron chi connectivity index (χ3n) is 7.01. The SMILES string of the molecule is Cc1ccccc1C(=O)N1CCN(Cc2nc3cc(C(=O)N4CCCC4)ccc3n2C)CC1. The summed E-state index contributed by atoms with van der Waals surface area (Å²) in [5.41, 5.74) is 4.44. The lowest BCUT2D eigenvalue weighted by Gasteiger charge is -2.34. The number of imidazole rings is 1. The summed E-state index contributed by atoms with van der Waals surface area (Å²) >= 11 is 0. The van der Waals surface area contributed by atoms with Crippen LogP contribution in [0.15, 0.2) is 42.5 Å². The Kier molecular flexibility index (Phi) is 5.89. The Labute approximate surface area is 194 Å². The minimum atomic E-state index is 0.107. The summed E-state index contributed by atoms with van der Waals surface area (Å²) in [5.74, 6) is 1.20. The Bertz CT molecular complexity index is 1190. The van der Waals surface area contributed by atoms with Crippen molar-refractivity contribution in [1.29, 1.82) is 0 Å². The number of piperazine rings is 1. The molecule has 2 aliphatic rings. The average molecular weight is 446 g/mol. The molecule has 2 amide bonds. The number of fused-ring (bicyclic) bond motifs is 1. The number of carbonyl (C=O) groups excluding carboxylic acids is 2. The fraction of sp³-hybridized carbons (Fsp3) is 0.423. The lowest BCUT2D eigenvalue weighted by molar-refractivity contribution is 0.0623. The molecule has 1 aromatic heterocycles. The molecule has 0 radical (unpaired) electrons. The molecule has 3 aromatic rings. The van der Waals surface area contributed by atoms with Crippen LogP contribution in [-0.4, -0.2) is 75.3 Å². The molecule has 0 saturated carbocycles. The van der Waals surface area contributed by atoms with Crippen molar-refractivity contribution in [3.8, 4) is 0 Å². The van der Waals surface area contributed by atoms with Crippen LogP contribution in [0.25, 0.3) is 11.0 Å². The minimum Gasteiger partial charge on any atom is -0.339 e. The Morgan fingerprint density at radius 1 is 0.879 bits per heavy atom. The molecule has 33 heavy (non-hydrogen) atoms. The molecular weight excluding hydrogens is 414 g/mol. The van der Waals surface area contributed by atoms with Gasteiger partial charge < -0.3 is 14.4 Å². The topological polar surface area (TPSA) is 61.7 Å². The van der Waals surface area contributed by atoms with Crippen molar-refractivity contribution in [2.75, 3.05) is 39.3 Å². The maximum atomic E-state index is 12.9. The number of aromatic nitrogens is 2. The average Bonchev–Trinajstić information content (AvgIpc) is 3.48. The van der Waals surface area contributed by atoms with Gasteiger partial charge in [0.25, 0.3) is 11.8 Å². The Morgan fingerprint density at radius 2 is 1.58 bits per heavy atom. The second kappa shape index (κ2) is 8.98. The van der Waals surface area contributed by atoms with Crippen molar-refractivity contribution in [2.24, 2.45) is 7.05 Å². The van der Waals surface area contributed by atoms with Crippen molar-refractivity contribution in [3.05, 3.63) is 65.0 Å². The zero-order chi connectivity index (χ0) is 22.9. The first-order valence-electron chi connectivity index (χ1n) is 11.8. The van der Waals surface area contributed by atoms with Gasteiger partial charge in [0.1, 0.15) is 5.82 Å². The first-order valence-corrected chi connectivity index (χ1v) is 11.8. The summed E-state index contributed by atoms with van der Waals surface area (Å²) in [6, 6.07) is 13.6. The second-order valence-electron chi connectivity index (χ2n) is 9.17. The van der Waals surface area contributed by atoms with Gasteiger partial charge in [-0.1, -0.05) is 18.2 Å². The molecule has 0 N–H and O–H groups in total. The van der Waals surface area contributed by atoms with Gasteiger partial charge in [0.15, 0.2) is 0 Å². The summed E-state index contributed by atoms with van der Waals surface area (Å²) in [6.07, 6.45) is 2.18. The molecule has 7 nitrogen and oxygen atoms in total. The van der Waals surface area contributed by atoms with Gasteiger partial charge in [-0.2, -0.15) is 0 Å². The molecule has 2 aromatic carbocycles. The summed E-state index contributed by atoms with van der Waals surface area (Å²) in [6.45, 7) is 7.48. The molecule has 0 spiro atoms. The highest BCUT2D eigenvalue weighted by molar-refractivity contribution is 5.97. The van der Waals surface area contributed by atoms with Crippen LogP contribution in [0.2, 0.25) is 0 Å². The van der Waals surface area contributed by atoms with E-state index in [2.05, 4.69) is 9.47 Å². The predicted molar refractivity (Wildman–Crippen MR) is 128 cm³/mol. The maximum absolute atomic E-state index is 12.9. The number of nitrogens with zero attached hydrogens (tertiary/aromatic N) is 5. The molecule has 0 aliphatic carbocycles. The second-order valence-corrected chi connectivity index (χ2v) is 9.17. The van der Waals surface area contributed by atoms with Crippen molar-refractivity contribution >= 4 is 22.8 Å². The highest BCUT2D eigenvalue weighted by Crippen LogP contribution is 2.21. The van der Waals surface area contributed by atoms with E-state index in [4.69, 9.17) is 4.98 Å². The molecule has 0 atom stereocenters. The maximum Gasteiger partial charge on any atom is 0.254 e. The zero-order valence-electron chi connectivity index (χ0n) is 19.5. The zero-order valence-corrected chi connectivity index (χ0v) is 19.5. The fourth-order valence-electron chi connectivity index (χ4n) is 4.92. The highest BCUT2D eigenvalue weighted by atomic mass is 16.2. The molecule has 2 fully saturated rings. The molecular formula is C26H31N5O2. The smallest absolute Gasteiger partial charge is 0.254 e. The van der Waals surface area contributed by atoms with E-state index in [0.717, 1.165) is 79.1 Å². The van der Waals surface area contributed by atoms with Crippen molar-refractivity contribution in [3.63, 3.8) is 0 Å². The third kappa shape index (κ3) is 4.25. The molecule has 3 heterocycles. The number of carbonyl (C=O) groups is 2. The van der Waals surface area contributed by atoms with E-state index < -0.39 is 0 Å². The number of rotatable bonds is 4. The van der Waals surface area contributed by atoms with Crippen LogP contribution in [0.3, 0.4) is 0 Å². The van der Waals surface area contributed by atoms with Crippen LogP contribution in [0.5, 0.6) is 0 Å². The quantitative estimate of drug-likeness (QED) is 0.619. The highest BCUT2D eigenvalue weighted by Gasteiger charge is 2.25. The molecule has 0 unspecified atom stereocenters. The Hall–Kier alpha value is -3.19. The van der Waals surface area contributed by atoms with Crippen LogP contribution < -0.4 is 0 Å².